The van der Waals surface area contributed by atoms with Crippen molar-refractivity contribution >= 4 is 0 Å². The molecule has 0 unspecified atom stereocenters. The Morgan fingerprint density at radius 1 is 1.14 bits per heavy atom. The van der Waals surface area contributed by atoms with Crippen LogP contribution in [0.1, 0.15) is 5.56 Å². The lowest BCUT2D eigenvalue weighted by Crippen LogP contribution is -2.53. The first-order valence-corrected chi connectivity index (χ1v) is 4.42. The maximum atomic E-state index is 5.84. The van der Waals surface area contributed by atoms with Gasteiger partial charge in [0, 0.05) is 6.54 Å². The zero-order chi connectivity index (χ0) is 9.80. The summed E-state index contributed by atoms with van der Waals surface area (Å²) < 4.78 is 0. The minimum Gasteiger partial charge on any atom is -0.266 e. The smallest absolute Gasteiger partial charge is 0.154 e. The molecule has 0 spiro atoms. The standard InChI is InChI=1S/C8H14N6/c9-14(8-10-12-13-11-8)6-7-4-2-1-3-5-7/h1-5,8,10-13H,6,9H2. The van der Waals surface area contributed by atoms with Crippen molar-refractivity contribution in [3.8, 4) is 0 Å². The second kappa shape index (κ2) is 4.47. The van der Waals surface area contributed by atoms with Gasteiger partial charge in [0.05, 0.1) is 0 Å². The average molecular weight is 194 g/mol. The van der Waals surface area contributed by atoms with Crippen molar-refractivity contribution in [3.63, 3.8) is 0 Å². The fourth-order valence-corrected chi connectivity index (χ4v) is 1.30. The minimum atomic E-state index is -0.116. The van der Waals surface area contributed by atoms with Crippen LogP contribution in [0.3, 0.4) is 0 Å². The molecule has 1 aliphatic rings. The van der Waals surface area contributed by atoms with Crippen LogP contribution in [0.5, 0.6) is 0 Å². The van der Waals surface area contributed by atoms with Crippen molar-refractivity contribution in [1.82, 2.24) is 26.9 Å². The van der Waals surface area contributed by atoms with E-state index in [4.69, 9.17) is 5.84 Å². The summed E-state index contributed by atoms with van der Waals surface area (Å²) in [6.07, 6.45) is -0.116. The summed E-state index contributed by atoms with van der Waals surface area (Å²) in [5.74, 6) is 5.84. The molecule has 1 aromatic rings. The molecule has 0 aliphatic carbocycles. The van der Waals surface area contributed by atoms with Crippen LogP contribution in [0.15, 0.2) is 30.3 Å². The van der Waals surface area contributed by atoms with E-state index in [-0.39, 0.29) is 6.29 Å². The number of benzene rings is 1. The van der Waals surface area contributed by atoms with Crippen LogP contribution in [0, 0.1) is 0 Å². The van der Waals surface area contributed by atoms with E-state index in [1.807, 2.05) is 30.3 Å². The summed E-state index contributed by atoms with van der Waals surface area (Å²) in [6, 6.07) is 10.1. The van der Waals surface area contributed by atoms with Gasteiger partial charge in [-0.2, -0.15) is 11.1 Å². The Morgan fingerprint density at radius 2 is 1.79 bits per heavy atom. The highest BCUT2D eigenvalue weighted by Crippen LogP contribution is 2.01. The lowest BCUT2D eigenvalue weighted by molar-refractivity contribution is 0.151. The second-order valence-electron chi connectivity index (χ2n) is 3.10. The third-order valence-electron chi connectivity index (χ3n) is 2.02. The van der Waals surface area contributed by atoms with Crippen LogP contribution in [0.4, 0.5) is 0 Å². The van der Waals surface area contributed by atoms with Crippen molar-refractivity contribution < 1.29 is 0 Å². The predicted molar refractivity (Wildman–Crippen MR) is 52.5 cm³/mol. The molecular weight excluding hydrogens is 180 g/mol. The molecule has 1 saturated heterocycles. The molecule has 1 fully saturated rings. The van der Waals surface area contributed by atoms with Gasteiger partial charge in [0.15, 0.2) is 6.29 Å². The Morgan fingerprint density at radius 3 is 2.43 bits per heavy atom. The van der Waals surface area contributed by atoms with Gasteiger partial charge in [-0.05, 0) is 5.56 Å². The summed E-state index contributed by atoms with van der Waals surface area (Å²) in [7, 11) is 0. The number of hydrazine groups is 4. The molecular formula is C8H14N6. The molecule has 76 valence electrons. The normalized spacial score (nSPS) is 17.9. The van der Waals surface area contributed by atoms with Gasteiger partial charge in [-0.3, -0.25) is 5.84 Å². The van der Waals surface area contributed by atoms with Crippen molar-refractivity contribution in [2.24, 2.45) is 5.84 Å². The molecule has 6 nitrogen and oxygen atoms in total. The Kier molecular flexibility index (Phi) is 3.04. The summed E-state index contributed by atoms with van der Waals surface area (Å²) in [5.41, 5.74) is 12.4. The number of nitrogens with two attached hydrogens (primary N) is 1. The average Bonchev–Trinajstić information content (AvgIpc) is 2.72. The highest BCUT2D eigenvalue weighted by atomic mass is 15.9. The van der Waals surface area contributed by atoms with E-state index >= 15 is 0 Å². The maximum absolute atomic E-state index is 5.84. The SMILES string of the molecule is NN(Cc1ccccc1)C1NNNN1. The van der Waals surface area contributed by atoms with Gasteiger partial charge in [0.1, 0.15) is 0 Å². The highest BCUT2D eigenvalue weighted by molar-refractivity contribution is 5.14. The minimum absolute atomic E-state index is 0.116. The van der Waals surface area contributed by atoms with E-state index in [1.54, 1.807) is 5.01 Å². The molecule has 1 heterocycles. The third-order valence-corrected chi connectivity index (χ3v) is 2.02. The van der Waals surface area contributed by atoms with Gasteiger partial charge < -0.3 is 0 Å². The second-order valence-corrected chi connectivity index (χ2v) is 3.10. The van der Waals surface area contributed by atoms with Crippen LogP contribution in [0.2, 0.25) is 0 Å². The fourth-order valence-electron chi connectivity index (χ4n) is 1.30. The molecule has 0 radical (unpaired) electrons. The largest absolute Gasteiger partial charge is 0.266 e. The molecule has 6 N–H and O–H groups in total. The van der Waals surface area contributed by atoms with E-state index in [0.717, 1.165) is 0 Å². The number of nitrogens with zero attached hydrogens (tertiary/aromatic N) is 1. The quantitative estimate of drug-likeness (QED) is 0.306. The van der Waals surface area contributed by atoms with Gasteiger partial charge >= 0.3 is 0 Å². The molecule has 14 heavy (non-hydrogen) atoms. The molecule has 0 amide bonds. The number of rotatable bonds is 3. The predicted octanol–water partition coefficient (Wildman–Crippen LogP) is -1.24. The maximum Gasteiger partial charge on any atom is 0.154 e. The zero-order valence-corrected chi connectivity index (χ0v) is 7.70. The molecule has 0 saturated carbocycles. The van der Waals surface area contributed by atoms with Crippen LogP contribution in [0.25, 0.3) is 0 Å². The number of hydrogen-bond donors (Lipinski definition) is 5. The number of nitrogens with one attached hydrogen (secondary N) is 4. The lowest BCUT2D eigenvalue weighted by atomic mass is 10.2. The van der Waals surface area contributed by atoms with E-state index < -0.39 is 0 Å². The molecule has 1 aliphatic heterocycles. The van der Waals surface area contributed by atoms with Gasteiger partial charge in [-0.15, -0.1) is 0 Å². The van der Waals surface area contributed by atoms with Crippen molar-refractivity contribution in [1.29, 1.82) is 0 Å². The Bertz CT molecular complexity index is 270. The summed E-state index contributed by atoms with van der Waals surface area (Å²) in [4.78, 5) is 0. The highest BCUT2D eigenvalue weighted by Gasteiger charge is 2.17. The van der Waals surface area contributed by atoms with E-state index in [0.29, 0.717) is 6.54 Å². The van der Waals surface area contributed by atoms with E-state index in [1.165, 1.54) is 5.56 Å². The monoisotopic (exact) mass is 194 g/mol. The van der Waals surface area contributed by atoms with Crippen LogP contribution < -0.4 is 27.8 Å². The van der Waals surface area contributed by atoms with Crippen molar-refractivity contribution in [3.05, 3.63) is 35.9 Å². The van der Waals surface area contributed by atoms with Gasteiger partial charge in [0.25, 0.3) is 0 Å². The summed E-state index contributed by atoms with van der Waals surface area (Å²) in [6.45, 7) is 0.675. The fraction of sp³-hybridized carbons (Fsp3) is 0.250. The molecule has 2 rings (SSSR count). The van der Waals surface area contributed by atoms with E-state index in [9.17, 15) is 0 Å². The Hall–Kier alpha value is -1.02. The summed E-state index contributed by atoms with van der Waals surface area (Å²) in [5, 5.41) is 1.66. The summed E-state index contributed by atoms with van der Waals surface area (Å²) >= 11 is 0. The van der Waals surface area contributed by atoms with Crippen molar-refractivity contribution in [2.45, 2.75) is 12.8 Å². The molecule has 0 bridgehead atoms. The molecule has 6 heteroatoms. The lowest BCUT2D eigenvalue weighted by Gasteiger charge is -2.22. The van der Waals surface area contributed by atoms with Gasteiger partial charge in [-0.25, -0.2) is 15.9 Å². The van der Waals surface area contributed by atoms with Gasteiger partial charge in [0.2, 0.25) is 0 Å². The molecule has 0 aromatic heterocycles. The Balaban J connectivity index is 1.90. The third kappa shape index (κ3) is 2.26. The zero-order valence-electron chi connectivity index (χ0n) is 7.70. The number of hydrogen-bond acceptors (Lipinski definition) is 6. The Labute approximate surface area is 82.3 Å². The van der Waals surface area contributed by atoms with Crippen molar-refractivity contribution in [2.75, 3.05) is 0 Å². The topological polar surface area (TPSA) is 77.4 Å². The van der Waals surface area contributed by atoms with Gasteiger partial charge in [-0.1, -0.05) is 30.3 Å². The first-order chi connectivity index (χ1) is 6.86. The van der Waals surface area contributed by atoms with E-state index in [2.05, 4.69) is 21.9 Å². The van der Waals surface area contributed by atoms with Crippen LogP contribution >= 0.6 is 0 Å². The first-order valence-electron chi connectivity index (χ1n) is 4.42. The molecule has 0 atom stereocenters. The van der Waals surface area contributed by atoms with Crippen LogP contribution in [-0.4, -0.2) is 11.3 Å². The van der Waals surface area contributed by atoms with Crippen LogP contribution in [-0.2, 0) is 6.54 Å². The first kappa shape index (κ1) is 9.53. The molecule has 1 aromatic carbocycles.